The van der Waals surface area contributed by atoms with Gasteiger partial charge in [0.2, 0.25) is 0 Å². The zero-order valence-corrected chi connectivity index (χ0v) is 35.7. The van der Waals surface area contributed by atoms with Crippen LogP contribution in [0.25, 0.3) is 0 Å². The molecule has 0 saturated heterocycles. The van der Waals surface area contributed by atoms with Crippen LogP contribution in [-0.4, -0.2) is 24.6 Å². The average Bonchev–Trinajstić information content (AvgIpc) is 3.10. The molecule has 1 heteroatoms. The van der Waals surface area contributed by atoms with Crippen LogP contribution in [-0.2, 0) is 0 Å². The Morgan fingerprint density at radius 3 is 0.438 bits per heavy atom. The van der Waals surface area contributed by atoms with Gasteiger partial charge in [-0.05, 0) is 51.4 Å². The van der Waals surface area contributed by atoms with Crippen molar-refractivity contribution >= 4 is 7.26 Å². The summed E-state index contributed by atoms with van der Waals surface area (Å²) in [5, 5.41) is 0. The minimum atomic E-state index is -0.788. The van der Waals surface area contributed by atoms with Crippen LogP contribution in [0.3, 0.4) is 0 Å². The van der Waals surface area contributed by atoms with Gasteiger partial charge in [-0.15, -0.1) is 0 Å². The zero-order chi connectivity index (χ0) is 34.9. The molecule has 0 saturated carbocycles. The van der Waals surface area contributed by atoms with Gasteiger partial charge in [0.1, 0.15) is 0 Å². The van der Waals surface area contributed by atoms with E-state index >= 15 is 0 Å². The fourth-order valence-electron chi connectivity index (χ4n) is 8.23. The molecular formula is C47H98P+. The van der Waals surface area contributed by atoms with Crippen molar-refractivity contribution in [1.29, 1.82) is 0 Å². The summed E-state index contributed by atoms with van der Waals surface area (Å²) in [6, 6.07) is 0. The molecule has 0 N–H and O–H groups in total. The standard InChI is InChI=1S/C47H98P/c1-5-9-13-17-21-25-29-33-37-41-45-48(44-40-36-32-28-24-20-16-12-8-4,46-42-38-34-30-26-22-18-14-10-6-2)47-43-39-35-31-27-23-19-15-11-7-3/h5-47H2,1-4H3/q+1. The third-order valence-corrected chi connectivity index (χ3v) is 16.8. The smallest absolute Gasteiger partial charge is 0.0594 e. The van der Waals surface area contributed by atoms with Crippen molar-refractivity contribution in [2.75, 3.05) is 24.6 Å². The van der Waals surface area contributed by atoms with Gasteiger partial charge in [0, 0.05) is 7.26 Å². The molecular weight excluding hydrogens is 595 g/mol. The fraction of sp³-hybridized carbons (Fsp3) is 1.00. The monoisotopic (exact) mass is 694 g/mol. The van der Waals surface area contributed by atoms with Crippen LogP contribution in [0.5, 0.6) is 0 Å². The van der Waals surface area contributed by atoms with Gasteiger partial charge in [-0.3, -0.25) is 0 Å². The predicted octanol–water partition coefficient (Wildman–Crippen LogP) is 18.3. The highest BCUT2D eigenvalue weighted by Crippen LogP contribution is 2.61. The van der Waals surface area contributed by atoms with Crippen molar-refractivity contribution < 1.29 is 0 Å². The molecule has 0 atom stereocenters. The van der Waals surface area contributed by atoms with Crippen molar-refractivity contribution in [3.63, 3.8) is 0 Å². The summed E-state index contributed by atoms with van der Waals surface area (Å²) in [5.41, 5.74) is 0. The van der Waals surface area contributed by atoms with Crippen LogP contribution in [0.1, 0.15) is 278 Å². The van der Waals surface area contributed by atoms with Gasteiger partial charge in [0.15, 0.2) is 0 Å². The third-order valence-electron chi connectivity index (χ3n) is 11.7. The molecule has 0 spiro atoms. The number of hydrogen-bond donors (Lipinski definition) is 0. The van der Waals surface area contributed by atoms with Gasteiger partial charge in [0.25, 0.3) is 0 Å². The van der Waals surface area contributed by atoms with Gasteiger partial charge in [-0.2, -0.15) is 0 Å². The maximum Gasteiger partial charge on any atom is 0.0594 e. The number of rotatable bonds is 43. The minimum Gasteiger partial charge on any atom is -0.0654 e. The summed E-state index contributed by atoms with van der Waals surface area (Å²) in [4.78, 5) is 0. The molecule has 0 amide bonds. The molecule has 0 aromatic carbocycles. The second-order valence-electron chi connectivity index (χ2n) is 16.6. The first-order valence-electron chi connectivity index (χ1n) is 23.6. The van der Waals surface area contributed by atoms with Crippen LogP contribution in [0, 0.1) is 0 Å². The Morgan fingerprint density at radius 2 is 0.292 bits per heavy atom. The highest BCUT2D eigenvalue weighted by molar-refractivity contribution is 7.75. The van der Waals surface area contributed by atoms with E-state index in [2.05, 4.69) is 27.7 Å². The Hall–Kier alpha value is 0.430. The van der Waals surface area contributed by atoms with E-state index in [9.17, 15) is 0 Å². The lowest BCUT2D eigenvalue weighted by atomic mass is 10.1. The van der Waals surface area contributed by atoms with Crippen LogP contribution in [0.4, 0.5) is 0 Å². The fourth-order valence-corrected chi connectivity index (χ4v) is 13.2. The van der Waals surface area contributed by atoms with Gasteiger partial charge < -0.3 is 0 Å². The Labute approximate surface area is 309 Å². The minimum absolute atomic E-state index is 0.788. The highest BCUT2D eigenvalue weighted by atomic mass is 31.2. The van der Waals surface area contributed by atoms with Crippen molar-refractivity contribution in [3.8, 4) is 0 Å². The molecule has 0 aliphatic carbocycles. The Balaban J connectivity index is 4.86. The number of hydrogen-bond acceptors (Lipinski definition) is 0. The zero-order valence-electron chi connectivity index (χ0n) is 34.9. The van der Waals surface area contributed by atoms with E-state index in [0.717, 1.165) is 0 Å². The summed E-state index contributed by atoms with van der Waals surface area (Å²) in [6.45, 7) is 9.36. The normalized spacial score (nSPS) is 12.0. The summed E-state index contributed by atoms with van der Waals surface area (Å²) in [6.07, 6.45) is 64.7. The molecule has 0 nitrogen and oxygen atoms in total. The molecule has 0 bridgehead atoms. The molecule has 0 aliphatic rings. The van der Waals surface area contributed by atoms with Crippen LogP contribution in [0.15, 0.2) is 0 Å². The molecule has 0 fully saturated rings. The van der Waals surface area contributed by atoms with E-state index in [1.165, 1.54) is 225 Å². The van der Waals surface area contributed by atoms with Crippen molar-refractivity contribution in [3.05, 3.63) is 0 Å². The first-order valence-corrected chi connectivity index (χ1v) is 26.1. The van der Waals surface area contributed by atoms with E-state index in [-0.39, 0.29) is 0 Å². The van der Waals surface area contributed by atoms with E-state index in [0.29, 0.717) is 0 Å². The molecule has 0 unspecified atom stereocenters. The first-order chi connectivity index (χ1) is 23.7. The lowest BCUT2D eigenvalue weighted by molar-refractivity contribution is 0.558. The second-order valence-corrected chi connectivity index (χ2v) is 21.1. The molecule has 0 rings (SSSR count). The molecule has 290 valence electrons. The van der Waals surface area contributed by atoms with Crippen molar-refractivity contribution in [2.45, 2.75) is 278 Å². The lowest BCUT2D eigenvalue weighted by Gasteiger charge is -2.28. The molecule has 0 aromatic rings. The van der Waals surface area contributed by atoms with E-state index in [1.54, 1.807) is 50.3 Å². The maximum absolute atomic E-state index is 2.34. The van der Waals surface area contributed by atoms with E-state index < -0.39 is 7.26 Å². The summed E-state index contributed by atoms with van der Waals surface area (Å²) >= 11 is 0. The summed E-state index contributed by atoms with van der Waals surface area (Å²) < 4.78 is 0. The summed E-state index contributed by atoms with van der Waals surface area (Å²) in [5.74, 6) is 0. The first kappa shape index (κ1) is 48.4. The van der Waals surface area contributed by atoms with Gasteiger partial charge >= 0.3 is 0 Å². The second kappa shape index (κ2) is 41.8. The molecule has 48 heavy (non-hydrogen) atoms. The van der Waals surface area contributed by atoms with Gasteiger partial charge in [-0.25, -0.2) is 0 Å². The Kier molecular flexibility index (Phi) is 42.2. The van der Waals surface area contributed by atoms with Gasteiger partial charge in [-0.1, -0.05) is 227 Å². The SMILES string of the molecule is CCCCCCCCCCCC[P+](CCCCCCCCCCC)(CCCCCCCCCCCC)CCCCCCCCCCCC. The Bertz CT molecular complexity index is 495. The topological polar surface area (TPSA) is 0 Å². The third kappa shape index (κ3) is 36.2. The van der Waals surface area contributed by atoms with Crippen molar-refractivity contribution in [2.24, 2.45) is 0 Å². The van der Waals surface area contributed by atoms with Crippen LogP contribution >= 0.6 is 7.26 Å². The lowest BCUT2D eigenvalue weighted by Crippen LogP contribution is -2.13. The largest absolute Gasteiger partial charge is 0.0654 e. The highest BCUT2D eigenvalue weighted by Gasteiger charge is 2.35. The van der Waals surface area contributed by atoms with Crippen molar-refractivity contribution in [1.82, 2.24) is 0 Å². The van der Waals surface area contributed by atoms with E-state index in [4.69, 9.17) is 0 Å². The molecule has 0 heterocycles. The van der Waals surface area contributed by atoms with E-state index in [1.807, 2.05) is 0 Å². The Morgan fingerprint density at radius 1 is 0.167 bits per heavy atom. The van der Waals surface area contributed by atoms with Crippen LogP contribution < -0.4 is 0 Å². The maximum atomic E-state index is 2.34. The molecule has 0 aliphatic heterocycles. The predicted molar refractivity (Wildman–Crippen MR) is 229 cm³/mol. The quantitative estimate of drug-likeness (QED) is 0.0440. The van der Waals surface area contributed by atoms with Gasteiger partial charge in [0.05, 0.1) is 24.6 Å². The molecule has 0 radical (unpaired) electrons. The molecule has 0 aromatic heterocycles. The average molecular weight is 694 g/mol. The number of unbranched alkanes of at least 4 members (excludes halogenated alkanes) is 35. The van der Waals surface area contributed by atoms with Crippen LogP contribution in [0.2, 0.25) is 0 Å². The summed E-state index contributed by atoms with van der Waals surface area (Å²) in [7, 11) is -0.788.